The van der Waals surface area contributed by atoms with E-state index in [0.717, 1.165) is 63.9 Å². The van der Waals surface area contributed by atoms with Crippen LogP contribution in [0.4, 0.5) is 0 Å². The van der Waals surface area contributed by atoms with Crippen LogP contribution in [0.5, 0.6) is 5.75 Å². The van der Waals surface area contributed by atoms with Gasteiger partial charge in [0.1, 0.15) is 18.0 Å². The first-order chi connectivity index (χ1) is 15.0. The summed E-state index contributed by atoms with van der Waals surface area (Å²) in [7, 11) is 1.77. The van der Waals surface area contributed by atoms with Crippen LogP contribution >= 0.6 is 11.6 Å². The number of hydrogen-bond donors (Lipinski definition) is 1. The van der Waals surface area contributed by atoms with Crippen molar-refractivity contribution in [3.8, 4) is 5.75 Å². The van der Waals surface area contributed by atoms with E-state index in [-0.39, 0.29) is 5.60 Å². The number of methoxy groups -OCH3 is 1. The molecule has 1 N–H and O–H groups in total. The third kappa shape index (κ3) is 5.81. The van der Waals surface area contributed by atoms with Gasteiger partial charge in [-0.3, -0.25) is 0 Å². The average Bonchev–Trinajstić information content (AvgIpc) is 2.80. The monoisotopic (exact) mass is 443 g/mol. The van der Waals surface area contributed by atoms with Crippen LogP contribution in [0.25, 0.3) is 0 Å². The molecule has 1 saturated carbocycles. The molecular weight excluding hydrogens is 410 g/mol. The van der Waals surface area contributed by atoms with Crippen molar-refractivity contribution in [2.24, 2.45) is 0 Å². The summed E-state index contributed by atoms with van der Waals surface area (Å²) < 4.78 is 11.9. The van der Waals surface area contributed by atoms with Gasteiger partial charge in [0, 0.05) is 31.8 Å². The molecule has 5 heteroatoms. The number of β-amino-alcohol motifs (C(OH)–C–C–N with tert-alkyl or cyclic N) is 1. The number of ether oxygens (including phenoxy) is 2. The van der Waals surface area contributed by atoms with Crippen LogP contribution in [0.1, 0.15) is 50.0 Å². The lowest BCUT2D eigenvalue weighted by Crippen LogP contribution is -2.53. The Morgan fingerprint density at radius 3 is 2.35 bits per heavy atom. The van der Waals surface area contributed by atoms with E-state index in [1.54, 1.807) is 7.11 Å². The molecule has 0 unspecified atom stereocenters. The third-order valence-electron chi connectivity index (χ3n) is 7.20. The summed E-state index contributed by atoms with van der Waals surface area (Å²) in [5.74, 6) is 1.35. The fraction of sp³-hybridized carbons (Fsp3) is 0.538. The lowest BCUT2D eigenvalue weighted by atomic mass is 9.75. The second-order valence-electron chi connectivity index (χ2n) is 9.32. The standard InChI is InChI=1S/C26H34ClNO3/c1-30-26(20-31-24-9-5-8-23(27)18-24)14-16-28(17-15-26)19-25(29)12-10-22(11-13-25)21-6-3-2-4-7-21/h2-9,18,22,29H,10-17,19-20H2,1H3. The topological polar surface area (TPSA) is 41.9 Å². The maximum atomic E-state index is 11.2. The Morgan fingerprint density at radius 1 is 1.00 bits per heavy atom. The van der Waals surface area contributed by atoms with E-state index >= 15 is 0 Å². The zero-order valence-corrected chi connectivity index (χ0v) is 19.2. The van der Waals surface area contributed by atoms with Gasteiger partial charge in [-0.15, -0.1) is 0 Å². The number of halogens is 1. The molecule has 2 aliphatic rings. The maximum Gasteiger partial charge on any atom is 0.120 e. The summed E-state index contributed by atoms with van der Waals surface area (Å²) in [5.41, 5.74) is 0.550. The fourth-order valence-corrected chi connectivity index (χ4v) is 5.27. The number of benzene rings is 2. The zero-order valence-electron chi connectivity index (χ0n) is 18.4. The highest BCUT2D eigenvalue weighted by Gasteiger charge is 2.40. The van der Waals surface area contributed by atoms with Crippen molar-refractivity contribution >= 4 is 11.6 Å². The largest absolute Gasteiger partial charge is 0.491 e. The molecule has 0 bridgehead atoms. The number of likely N-dealkylation sites (tertiary alicyclic amines) is 1. The Kier molecular flexibility index (Phi) is 7.22. The highest BCUT2D eigenvalue weighted by Crippen LogP contribution is 2.39. The highest BCUT2D eigenvalue weighted by atomic mass is 35.5. The molecule has 2 aromatic rings. The van der Waals surface area contributed by atoms with Gasteiger partial charge in [0.15, 0.2) is 0 Å². The van der Waals surface area contributed by atoms with Crippen molar-refractivity contribution in [3.63, 3.8) is 0 Å². The van der Waals surface area contributed by atoms with Crippen molar-refractivity contribution in [2.45, 2.75) is 55.6 Å². The predicted octanol–water partition coefficient (Wildman–Crippen LogP) is 5.29. The van der Waals surface area contributed by atoms with E-state index in [1.165, 1.54) is 5.56 Å². The lowest BCUT2D eigenvalue weighted by Gasteiger charge is -2.44. The summed E-state index contributed by atoms with van der Waals surface area (Å²) in [6, 6.07) is 18.2. The third-order valence-corrected chi connectivity index (χ3v) is 7.44. The Hall–Kier alpha value is -1.59. The Bertz CT molecular complexity index is 828. The number of aliphatic hydroxyl groups is 1. The van der Waals surface area contributed by atoms with Crippen LogP contribution in [0.3, 0.4) is 0 Å². The molecule has 0 aromatic heterocycles. The second-order valence-corrected chi connectivity index (χ2v) is 9.76. The molecule has 0 amide bonds. The fourth-order valence-electron chi connectivity index (χ4n) is 5.09. The summed E-state index contributed by atoms with van der Waals surface area (Å²) >= 11 is 6.06. The maximum absolute atomic E-state index is 11.2. The Labute approximate surface area is 191 Å². The first-order valence-electron chi connectivity index (χ1n) is 11.4. The molecule has 168 valence electrons. The Morgan fingerprint density at radius 2 is 1.71 bits per heavy atom. The van der Waals surface area contributed by atoms with Gasteiger partial charge in [0.25, 0.3) is 0 Å². The first-order valence-corrected chi connectivity index (χ1v) is 11.8. The van der Waals surface area contributed by atoms with Crippen molar-refractivity contribution in [3.05, 3.63) is 65.2 Å². The van der Waals surface area contributed by atoms with Crippen LogP contribution in [-0.4, -0.2) is 54.6 Å². The predicted molar refractivity (Wildman–Crippen MR) is 125 cm³/mol. The molecule has 31 heavy (non-hydrogen) atoms. The van der Waals surface area contributed by atoms with Crippen LogP contribution in [0, 0.1) is 0 Å². The van der Waals surface area contributed by atoms with Crippen LogP contribution in [-0.2, 0) is 4.74 Å². The molecule has 2 aromatic carbocycles. The molecule has 0 radical (unpaired) electrons. The summed E-state index contributed by atoms with van der Waals surface area (Å²) in [4.78, 5) is 2.40. The molecule has 1 aliphatic heterocycles. The van der Waals surface area contributed by atoms with Gasteiger partial charge < -0.3 is 19.5 Å². The number of rotatable bonds is 7. The molecule has 0 spiro atoms. The highest BCUT2D eigenvalue weighted by molar-refractivity contribution is 6.30. The van der Waals surface area contributed by atoms with E-state index in [1.807, 2.05) is 24.3 Å². The van der Waals surface area contributed by atoms with Crippen LogP contribution in [0.15, 0.2) is 54.6 Å². The van der Waals surface area contributed by atoms with Gasteiger partial charge in [0.05, 0.1) is 5.60 Å². The average molecular weight is 444 g/mol. The minimum atomic E-state index is -0.574. The zero-order chi connectivity index (χ0) is 21.7. The van der Waals surface area contributed by atoms with Gasteiger partial charge in [-0.25, -0.2) is 0 Å². The van der Waals surface area contributed by atoms with Gasteiger partial charge in [-0.1, -0.05) is 48.0 Å². The summed E-state index contributed by atoms with van der Waals surface area (Å²) in [6.45, 7) is 3.10. The molecular formula is C26H34ClNO3. The van der Waals surface area contributed by atoms with Crippen molar-refractivity contribution < 1.29 is 14.6 Å². The van der Waals surface area contributed by atoms with E-state index in [4.69, 9.17) is 21.1 Å². The van der Waals surface area contributed by atoms with E-state index in [2.05, 4.69) is 35.2 Å². The number of nitrogens with zero attached hydrogens (tertiary/aromatic N) is 1. The van der Waals surface area contributed by atoms with Crippen molar-refractivity contribution in [1.29, 1.82) is 0 Å². The Balaban J connectivity index is 1.26. The van der Waals surface area contributed by atoms with Crippen LogP contribution in [0.2, 0.25) is 5.02 Å². The normalized spacial score (nSPS) is 26.5. The summed E-state index contributed by atoms with van der Waals surface area (Å²) in [5, 5.41) is 11.9. The van der Waals surface area contributed by atoms with Gasteiger partial charge >= 0.3 is 0 Å². The van der Waals surface area contributed by atoms with E-state index in [0.29, 0.717) is 17.5 Å². The summed E-state index contributed by atoms with van der Waals surface area (Å²) in [6.07, 6.45) is 5.65. The van der Waals surface area contributed by atoms with Gasteiger partial charge in [-0.05, 0) is 68.2 Å². The molecule has 4 rings (SSSR count). The number of piperidine rings is 1. The molecule has 0 atom stereocenters. The first kappa shape index (κ1) is 22.6. The van der Waals surface area contributed by atoms with Gasteiger partial charge in [0.2, 0.25) is 0 Å². The molecule has 1 aliphatic carbocycles. The quantitative estimate of drug-likeness (QED) is 0.631. The van der Waals surface area contributed by atoms with Crippen molar-refractivity contribution in [1.82, 2.24) is 4.90 Å². The lowest BCUT2D eigenvalue weighted by molar-refractivity contribution is -0.0981. The molecule has 4 nitrogen and oxygen atoms in total. The molecule has 1 saturated heterocycles. The molecule has 2 fully saturated rings. The second kappa shape index (κ2) is 9.91. The molecule has 1 heterocycles. The van der Waals surface area contributed by atoms with Crippen LogP contribution < -0.4 is 4.74 Å². The minimum Gasteiger partial charge on any atom is -0.491 e. The minimum absolute atomic E-state index is 0.285. The SMILES string of the molecule is COC1(COc2cccc(Cl)c2)CCN(CC2(O)CCC(c3ccccc3)CC2)CC1. The van der Waals surface area contributed by atoms with E-state index < -0.39 is 5.60 Å². The van der Waals surface area contributed by atoms with Crippen molar-refractivity contribution in [2.75, 3.05) is 33.4 Å². The van der Waals surface area contributed by atoms with E-state index in [9.17, 15) is 5.11 Å². The van der Waals surface area contributed by atoms with Gasteiger partial charge in [-0.2, -0.15) is 0 Å². The number of hydrogen-bond acceptors (Lipinski definition) is 4. The smallest absolute Gasteiger partial charge is 0.120 e.